The Bertz CT molecular complexity index is 646. The number of primary amides is 1. The number of carbonyl (C=O) groups excluding carboxylic acids is 3. The van der Waals surface area contributed by atoms with Gasteiger partial charge in [-0.15, -0.1) is 0 Å². The molecule has 0 aromatic heterocycles. The minimum absolute atomic E-state index is 0.304. The van der Waals surface area contributed by atoms with Gasteiger partial charge in [-0.25, -0.2) is 14.4 Å². The van der Waals surface area contributed by atoms with Crippen molar-refractivity contribution in [2.24, 2.45) is 17.6 Å². The Hall–Kier alpha value is -2.23. The molecular weight excluding hydrogens is 450 g/mol. The molecule has 2 heterocycles. The van der Waals surface area contributed by atoms with Crippen LogP contribution < -0.4 is 21.7 Å². The summed E-state index contributed by atoms with van der Waals surface area (Å²) in [6, 6.07) is -0.342. The lowest BCUT2D eigenvalue weighted by molar-refractivity contribution is 0.0512. The highest BCUT2D eigenvalue weighted by atomic mass is 16.6. The topological polar surface area (TPSA) is 135 Å². The predicted octanol–water partition coefficient (Wildman–Crippen LogP) is 3.59. The Morgan fingerprint density at radius 1 is 0.800 bits per heavy atom. The van der Waals surface area contributed by atoms with Crippen LogP contribution in [0.5, 0.6) is 0 Å². The van der Waals surface area contributed by atoms with Crippen molar-refractivity contribution in [2.75, 3.05) is 39.3 Å². The second-order valence-corrected chi connectivity index (χ2v) is 11.4. The van der Waals surface area contributed by atoms with Crippen molar-refractivity contribution in [1.29, 1.82) is 0 Å². The van der Waals surface area contributed by atoms with Crippen LogP contribution in [0.2, 0.25) is 0 Å². The van der Waals surface area contributed by atoms with Crippen LogP contribution in [-0.2, 0) is 9.47 Å². The molecule has 0 aromatic carbocycles. The zero-order valence-electron chi connectivity index (χ0n) is 22.7. The summed E-state index contributed by atoms with van der Waals surface area (Å²) in [6.07, 6.45) is 5.61. The molecule has 204 valence electrons. The fraction of sp³-hybridized carbons (Fsp3) is 0.880. The number of ether oxygens (including phenoxy) is 2. The molecule has 2 fully saturated rings. The fourth-order valence-corrected chi connectivity index (χ4v) is 4.00. The number of hydrogen-bond acceptors (Lipinski definition) is 6. The van der Waals surface area contributed by atoms with Gasteiger partial charge in [0, 0.05) is 26.2 Å². The van der Waals surface area contributed by atoms with Gasteiger partial charge in [-0.05, 0) is 105 Å². The van der Waals surface area contributed by atoms with Crippen molar-refractivity contribution >= 4 is 18.2 Å². The Balaban J connectivity index is 0.000000355. The van der Waals surface area contributed by atoms with Gasteiger partial charge in [0.25, 0.3) is 0 Å². The van der Waals surface area contributed by atoms with Crippen LogP contribution in [0.25, 0.3) is 0 Å². The van der Waals surface area contributed by atoms with E-state index < -0.39 is 11.2 Å². The highest BCUT2D eigenvalue weighted by molar-refractivity contribution is 5.72. The SMILES string of the molecule is CC(C)(C)OC(=O)NCCC1CCN(C(N)=O)CC1.CC(C)(C)OC(=O)NCCC1CCNCC1. The third-order valence-electron chi connectivity index (χ3n) is 5.83. The standard InChI is InChI=1S/C13H25N3O3.C12H24N2O2/c1-13(2,3)19-12(18)15-7-4-10-5-8-16(9-6-10)11(14)17;1-12(2,3)16-11(15)14-9-6-10-4-7-13-8-5-10/h10H,4-9H2,1-3H3,(H2,14,17)(H,15,18);10,13H,4-9H2,1-3H3,(H,14,15). The second-order valence-electron chi connectivity index (χ2n) is 11.4. The van der Waals surface area contributed by atoms with Crippen LogP contribution in [0.3, 0.4) is 0 Å². The summed E-state index contributed by atoms with van der Waals surface area (Å²) in [5, 5.41) is 8.89. The molecule has 0 spiro atoms. The number of nitrogens with zero attached hydrogens (tertiary/aromatic N) is 1. The lowest BCUT2D eigenvalue weighted by atomic mass is 9.94. The molecule has 0 saturated carbocycles. The molecule has 5 N–H and O–H groups in total. The molecular formula is C25H49N5O5. The van der Waals surface area contributed by atoms with Crippen LogP contribution in [0.1, 0.15) is 80.1 Å². The monoisotopic (exact) mass is 499 g/mol. The van der Waals surface area contributed by atoms with Gasteiger partial charge in [0.05, 0.1) is 0 Å². The van der Waals surface area contributed by atoms with E-state index in [1.54, 1.807) is 4.90 Å². The summed E-state index contributed by atoms with van der Waals surface area (Å²) in [5.74, 6) is 1.28. The van der Waals surface area contributed by atoms with E-state index >= 15 is 0 Å². The van der Waals surface area contributed by atoms with Crippen LogP contribution in [0.15, 0.2) is 0 Å². The molecule has 0 radical (unpaired) electrons. The van der Waals surface area contributed by atoms with E-state index in [1.165, 1.54) is 12.8 Å². The number of amides is 4. The summed E-state index contributed by atoms with van der Waals surface area (Å²) in [5.41, 5.74) is 4.36. The minimum Gasteiger partial charge on any atom is -0.444 e. The average Bonchev–Trinajstić information content (AvgIpc) is 2.73. The highest BCUT2D eigenvalue weighted by Gasteiger charge is 2.22. The number of carbonyl (C=O) groups is 3. The Morgan fingerprint density at radius 2 is 1.20 bits per heavy atom. The molecule has 0 atom stereocenters. The van der Waals surface area contributed by atoms with Gasteiger partial charge in [-0.2, -0.15) is 0 Å². The fourth-order valence-electron chi connectivity index (χ4n) is 4.00. The molecule has 4 amide bonds. The Kier molecular flexibility index (Phi) is 13.2. The number of hydrogen-bond donors (Lipinski definition) is 4. The molecule has 35 heavy (non-hydrogen) atoms. The lowest BCUT2D eigenvalue weighted by Crippen LogP contribution is -2.42. The molecule has 2 aliphatic rings. The number of rotatable bonds is 6. The van der Waals surface area contributed by atoms with E-state index in [2.05, 4.69) is 16.0 Å². The first kappa shape index (κ1) is 30.8. The van der Waals surface area contributed by atoms with E-state index in [0.29, 0.717) is 25.6 Å². The quantitative estimate of drug-likeness (QED) is 0.441. The summed E-state index contributed by atoms with van der Waals surface area (Å²) in [6.45, 7) is 16.1. The Labute approximate surface area is 211 Å². The van der Waals surface area contributed by atoms with Crippen LogP contribution in [0.4, 0.5) is 14.4 Å². The van der Waals surface area contributed by atoms with Gasteiger partial charge >= 0.3 is 18.2 Å². The second kappa shape index (κ2) is 15.0. The highest BCUT2D eigenvalue weighted by Crippen LogP contribution is 2.20. The molecule has 10 heteroatoms. The number of likely N-dealkylation sites (tertiary alicyclic amines) is 1. The maximum absolute atomic E-state index is 11.4. The van der Waals surface area contributed by atoms with E-state index in [4.69, 9.17) is 15.2 Å². The van der Waals surface area contributed by atoms with Crippen LogP contribution >= 0.6 is 0 Å². The van der Waals surface area contributed by atoms with Crippen molar-refractivity contribution in [3.63, 3.8) is 0 Å². The predicted molar refractivity (Wildman–Crippen MR) is 137 cm³/mol. The first-order valence-electron chi connectivity index (χ1n) is 12.9. The summed E-state index contributed by atoms with van der Waals surface area (Å²) < 4.78 is 10.3. The van der Waals surface area contributed by atoms with Gasteiger partial charge in [0.15, 0.2) is 0 Å². The molecule has 0 unspecified atom stereocenters. The van der Waals surface area contributed by atoms with Crippen molar-refractivity contribution < 1.29 is 23.9 Å². The lowest BCUT2D eigenvalue weighted by Gasteiger charge is -2.30. The molecule has 2 aliphatic heterocycles. The molecule has 0 aromatic rings. The molecule has 2 rings (SSSR count). The van der Waals surface area contributed by atoms with E-state index in [1.807, 2.05) is 41.5 Å². The normalized spacial score (nSPS) is 17.6. The van der Waals surface area contributed by atoms with Gasteiger partial charge in [0.1, 0.15) is 11.2 Å². The number of alkyl carbamates (subject to hydrolysis) is 2. The summed E-state index contributed by atoms with van der Waals surface area (Å²) >= 11 is 0. The third kappa shape index (κ3) is 16.1. The van der Waals surface area contributed by atoms with Crippen LogP contribution in [-0.4, -0.2) is 73.6 Å². The molecule has 10 nitrogen and oxygen atoms in total. The smallest absolute Gasteiger partial charge is 0.407 e. The van der Waals surface area contributed by atoms with Gasteiger partial charge < -0.3 is 36.1 Å². The van der Waals surface area contributed by atoms with Gasteiger partial charge in [-0.1, -0.05) is 0 Å². The maximum atomic E-state index is 11.4. The zero-order chi connectivity index (χ0) is 26.5. The number of nitrogens with two attached hydrogens (primary N) is 1. The van der Waals surface area contributed by atoms with Crippen molar-refractivity contribution in [3.8, 4) is 0 Å². The van der Waals surface area contributed by atoms with Crippen molar-refractivity contribution in [2.45, 2.75) is 91.3 Å². The molecule has 0 bridgehead atoms. The number of urea groups is 1. The minimum atomic E-state index is -0.461. The average molecular weight is 500 g/mol. The molecule has 2 saturated heterocycles. The number of piperidine rings is 2. The molecule has 0 aliphatic carbocycles. The van der Waals surface area contributed by atoms with E-state index in [0.717, 1.165) is 51.2 Å². The third-order valence-corrected chi connectivity index (χ3v) is 5.83. The van der Waals surface area contributed by atoms with Crippen LogP contribution in [0, 0.1) is 11.8 Å². The van der Waals surface area contributed by atoms with E-state index in [9.17, 15) is 14.4 Å². The number of nitrogens with one attached hydrogen (secondary N) is 3. The van der Waals surface area contributed by atoms with Gasteiger partial charge in [-0.3, -0.25) is 0 Å². The van der Waals surface area contributed by atoms with Crippen molar-refractivity contribution in [3.05, 3.63) is 0 Å². The van der Waals surface area contributed by atoms with Gasteiger partial charge in [0.2, 0.25) is 0 Å². The Morgan fingerprint density at radius 3 is 1.57 bits per heavy atom. The van der Waals surface area contributed by atoms with Crippen molar-refractivity contribution in [1.82, 2.24) is 20.9 Å². The van der Waals surface area contributed by atoms with E-state index in [-0.39, 0.29) is 18.2 Å². The maximum Gasteiger partial charge on any atom is 0.407 e. The summed E-state index contributed by atoms with van der Waals surface area (Å²) in [7, 11) is 0. The summed E-state index contributed by atoms with van der Waals surface area (Å²) in [4.78, 5) is 35.4. The largest absolute Gasteiger partial charge is 0.444 e. The first-order valence-corrected chi connectivity index (χ1v) is 12.9. The first-order chi connectivity index (χ1) is 16.2. The zero-order valence-corrected chi connectivity index (χ0v) is 22.7.